The summed E-state index contributed by atoms with van der Waals surface area (Å²) in [4.78, 5) is 12.0. The fraction of sp³-hybridized carbons (Fsp3) is 0.125. The standard InChI is InChI=1S/C24H21NO/c1-2-23(26)21-13-14-22-20(17-21)15-16-25(22)24(18-9-5-3-6-10-18)19-11-7-4-8-12-19/h3-17,24H,2H2,1H3. The van der Waals surface area contributed by atoms with Crippen molar-refractivity contribution in [3.63, 3.8) is 0 Å². The van der Waals surface area contributed by atoms with Gasteiger partial charge in [-0.05, 0) is 35.4 Å². The SMILES string of the molecule is CCC(=O)c1ccc2c(ccn2C(c2ccccc2)c2ccccc2)c1. The Morgan fingerprint density at radius 1 is 0.846 bits per heavy atom. The van der Waals surface area contributed by atoms with Crippen LogP contribution in [0.25, 0.3) is 10.9 Å². The molecule has 0 saturated carbocycles. The van der Waals surface area contributed by atoms with Crippen molar-refractivity contribution in [1.29, 1.82) is 0 Å². The molecule has 0 aliphatic heterocycles. The highest BCUT2D eigenvalue weighted by Crippen LogP contribution is 2.31. The Bertz CT molecular complexity index is 992. The van der Waals surface area contributed by atoms with Crippen molar-refractivity contribution in [3.05, 3.63) is 108 Å². The average molecular weight is 339 g/mol. The molecule has 1 heterocycles. The smallest absolute Gasteiger partial charge is 0.162 e. The first-order chi connectivity index (χ1) is 12.8. The minimum absolute atomic E-state index is 0.0997. The predicted molar refractivity (Wildman–Crippen MR) is 107 cm³/mol. The van der Waals surface area contributed by atoms with Crippen LogP contribution in [0.15, 0.2) is 91.1 Å². The molecule has 0 atom stereocenters. The second-order valence-corrected chi connectivity index (χ2v) is 6.50. The number of Topliss-reactive ketones (excluding diaryl/α,β-unsaturated/α-hetero) is 1. The summed E-state index contributed by atoms with van der Waals surface area (Å²) in [6.45, 7) is 1.90. The van der Waals surface area contributed by atoms with E-state index in [1.807, 2.05) is 31.2 Å². The highest BCUT2D eigenvalue weighted by Gasteiger charge is 2.18. The van der Waals surface area contributed by atoms with Crippen LogP contribution in [0.3, 0.4) is 0 Å². The van der Waals surface area contributed by atoms with Crippen LogP contribution in [0.4, 0.5) is 0 Å². The number of carbonyl (C=O) groups is 1. The van der Waals surface area contributed by atoms with Crippen LogP contribution in [0.2, 0.25) is 0 Å². The van der Waals surface area contributed by atoms with E-state index in [0.29, 0.717) is 6.42 Å². The van der Waals surface area contributed by atoms with Gasteiger partial charge in [-0.25, -0.2) is 0 Å². The summed E-state index contributed by atoms with van der Waals surface area (Å²) in [5.41, 5.74) is 4.40. The van der Waals surface area contributed by atoms with Gasteiger partial charge in [0.05, 0.1) is 6.04 Å². The van der Waals surface area contributed by atoms with Crippen molar-refractivity contribution in [2.24, 2.45) is 0 Å². The van der Waals surface area contributed by atoms with Crippen molar-refractivity contribution in [2.45, 2.75) is 19.4 Å². The molecule has 0 radical (unpaired) electrons. The number of hydrogen-bond acceptors (Lipinski definition) is 1. The maximum atomic E-state index is 12.0. The van der Waals surface area contributed by atoms with E-state index >= 15 is 0 Å². The fourth-order valence-electron chi connectivity index (χ4n) is 3.55. The quantitative estimate of drug-likeness (QED) is 0.417. The van der Waals surface area contributed by atoms with Gasteiger partial charge in [0.15, 0.2) is 5.78 Å². The molecule has 0 aliphatic carbocycles. The van der Waals surface area contributed by atoms with E-state index in [9.17, 15) is 4.79 Å². The van der Waals surface area contributed by atoms with Crippen molar-refractivity contribution < 1.29 is 4.79 Å². The molecule has 4 rings (SSSR count). The van der Waals surface area contributed by atoms with Gasteiger partial charge < -0.3 is 4.57 Å². The van der Waals surface area contributed by atoms with Gasteiger partial charge in [-0.15, -0.1) is 0 Å². The molecular formula is C24H21NO. The molecule has 0 N–H and O–H groups in total. The van der Waals surface area contributed by atoms with E-state index in [2.05, 4.69) is 71.4 Å². The first-order valence-electron chi connectivity index (χ1n) is 9.01. The fourth-order valence-corrected chi connectivity index (χ4v) is 3.55. The zero-order valence-electron chi connectivity index (χ0n) is 14.8. The topological polar surface area (TPSA) is 22.0 Å². The summed E-state index contributed by atoms with van der Waals surface area (Å²) in [7, 11) is 0. The van der Waals surface area contributed by atoms with Crippen LogP contribution >= 0.6 is 0 Å². The third-order valence-electron chi connectivity index (χ3n) is 4.87. The maximum absolute atomic E-state index is 12.0. The minimum atomic E-state index is 0.0997. The summed E-state index contributed by atoms with van der Waals surface area (Å²) < 4.78 is 2.29. The van der Waals surface area contributed by atoms with Gasteiger partial charge in [0.2, 0.25) is 0 Å². The van der Waals surface area contributed by atoms with Crippen molar-refractivity contribution in [3.8, 4) is 0 Å². The molecule has 0 spiro atoms. The summed E-state index contributed by atoms with van der Waals surface area (Å²) in [5.74, 6) is 0.183. The van der Waals surface area contributed by atoms with E-state index in [4.69, 9.17) is 0 Å². The van der Waals surface area contributed by atoms with Gasteiger partial charge in [-0.1, -0.05) is 67.6 Å². The van der Waals surface area contributed by atoms with E-state index in [-0.39, 0.29) is 11.8 Å². The Morgan fingerprint density at radius 2 is 1.46 bits per heavy atom. The average Bonchev–Trinajstić information content (AvgIpc) is 3.12. The molecule has 0 amide bonds. The molecule has 0 aliphatic rings. The lowest BCUT2D eigenvalue weighted by molar-refractivity contribution is 0.0988. The summed E-state index contributed by atoms with van der Waals surface area (Å²) in [6, 6.07) is 29.3. The predicted octanol–water partition coefficient (Wildman–Crippen LogP) is 5.87. The molecule has 0 fully saturated rings. The normalized spacial score (nSPS) is 11.2. The number of benzene rings is 3. The molecular weight excluding hydrogens is 318 g/mol. The Kier molecular flexibility index (Phi) is 4.40. The monoisotopic (exact) mass is 339 g/mol. The summed E-state index contributed by atoms with van der Waals surface area (Å²) in [5, 5.41) is 1.10. The van der Waals surface area contributed by atoms with E-state index in [1.54, 1.807) is 0 Å². The molecule has 128 valence electrons. The number of aromatic nitrogens is 1. The Balaban J connectivity index is 1.88. The van der Waals surface area contributed by atoms with Crippen molar-refractivity contribution in [2.75, 3.05) is 0 Å². The molecule has 4 aromatic rings. The largest absolute Gasteiger partial charge is 0.336 e. The second kappa shape index (κ2) is 7.01. The van der Waals surface area contributed by atoms with Gasteiger partial charge in [0, 0.05) is 29.1 Å². The molecule has 26 heavy (non-hydrogen) atoms. The molecule has 0 unspecified atom stereocenters. The molecule has 1 aromatic heterocycles. The number of carbonyl (C=O) groups excluding carboxylic acids is 1. The number of hydrogen-bond donors (Lipinski definition) is 0. The lowest BCUT2D eigenvalue weighted by Gasteiger charge is -2.21. The highest BCUT2D eigenvalue weighted by molar-refractivity contribution is 5.99. The van der Waals surface area contributed by atoms with Gasteiger partial charge in [-0.2, -0.15) is 0 Å². The summed E-state index contributed by atoms with van der Waals surface area (Å²) >= 11 is 0. The van der Waals surface area contributed by atoms with Crippen LogP contribution in [0.1, 0.15) is 40.9 Å². The van der Waals surface area contributed by atoms with Crippen LogP contribution in [0, 0.1) is 0 Å². The van der Waals surface area contributed by atoms with Gasteiger partial charge in [-0.3, -0.25) is 4.79 Å². The molecule has 0 saturated heterocycles. The van der Waals surface area contributed by atoms with Crippen LogP contribution < -0.4 is 0 Å². The minimum Gasteiger partial charge on any atom is -0.336 e. The zero-order chi connectivity index (χ0) is 17.9. The van der Waals surface area contributed by atoms with Crippen LogP contribution in [-0.4, -0.2) is 10.4 Å². The summed E-state index contributed by atoms with van der Waals surface area (Å²) in [6.07, 6.45) is 2.65. The maximum Gasteiger partial charge on any atom is 0.162 e. The van der Waals surface area contributed by atoms with Crippen molar-refractivity contribution >= 4 is 16.7 Å². The zero-order valence-corrected chi connectivity index (χ0v) is 14.8. The van der Waals surface area contributed by atoms with E-state index in [1.165, 1.54) is 11.1 Å². The van der Waals surface area contributed by atoms with Crippen LogP contribution in [-0.2, 0) is 0 Å². The van der Waals surface area contributed by atoms with Gasteiger partial charge in [0.25, 0.3) is 0 Å². The first kappa shape index (κ1) is 16.3. The molecule has 2 heteroatoms. The number of fused-ring (bicyclic) bond motifs is 1. The molecule has 0 bridgehead atoms. The second-order valence-electron chi connectivity index (χ2n) is 6.50. The first-order valence-corrected chi connectivity index (χ1v) is 9.01. The highest BCUT2D eigenvalue weighted by atomic mass is 16.1. The Morgan fingerprint density at radius 3 is 2.04 bits per heavy atom. The van der Waals surface area contributed by atoms with Crippen molar-refractivity contribution in [1.82, 2.24) is 4.57 Å². The third kappa shape index (κ3) is 2.95. The van der Waals surface area contributed by atoms with Crippen LogP contribution in [0.5, 0.6) is 0 Å². The number of rotatable bonds is 5. The lowest BCUT2D eigenvalue weighted by Crippen LogP contribution is -2.11. The lowest BCUT2D eigenvalue weighted by atomic mass is 9.98. The van der Waals surface area contributed by atoms with E-state index < -0.39 is 0 Å². The number of ketones is 1. The molecule has 2 nitrogen and oxygen atoms in total. The molecule has 3 aromatic carbocycles. The van der Waals surface area contributed by atoms with E-state index in [0.717, 1.165) is 16.5 Å². The van der Waals surface area contributed by atoms with Gasteiger partial charge in [0.1, 0.15) is 0 Å². The Hall–Kier alpha value is -3.13. The third-order valence-corrected chi connectivity index (χ3v) is 4.87. The number of nitrogens with zero attached hydrogens (tertiary/aromatic N) is 1. The Labute approximate surface area is 153 Å². The van der Waals surface area contributed by atoms with Gasteiger partial charge >= 0.3 is 0 Å².